The fourth-order valence-corrected chi connectivity index (χ4v) is 2.14. The summed E-state index contributed by atoms with van der Waals surface area (Å²) >= 11 is 0. The van der Waals surface area contributed by atoms with Crippen molar-refractivity contribution in [1.82, 2.24) is 4.98 Å². The lowest BCUT2D eigenvalue weighted by molar-refractivity contribution is -0.384. The number of aromatic hydroxyl groups is 1. The minimum atomic E-state index is -0.572. The van der Waals surface area contributed by atoms with Gasteiger partial charge in [0.1, 0.15) is 17.4 Å². The molecule has 0 atom stereocenters. The SMILES string of the molecule is COCc1cc(C)nc(NN=Cc2cc([N+](=O)[O-])ccc2O)c1C#N. The number of anilines is 1. The lowest BCUT2D eigenvalue weighted by atomic mass is 10.1. The van der Waals surface area contributed by atoms with E-state index in [1.165, 1.54) is 31.5 Å². The molecule has 128 valence electrons. The van der Waals surface area contributed by atoms with Crippen molar-refractivity contribution in [3.63, 3.8) is 0 Å². The number of methoxy groups -OCH3 is 1. The van der Waals surface area contributed by atoms with Crippen molar-refractivity contribution in [3.05, 3.63) is 56.8 Å². The van der Waals surface area contributed by atoms with Crippen LogP contribution in [0.1, 0.15) is 22.4 Å². The molecule has 1 aromatic heterocycles. The second kappa shape index (κ2) is 7.85. The highest BCUT2D eigenvalue weighted by atomic mass is 16.6. The van der Waals surface area contributed by atoms with Gasteiger partial charge < -0.3 is 9.84 Å². The minimum Gasteiger partial charge on any atom is -0.507 e. The first-order valence-electron chi connectivity index (χ1n) is 7.12. The number of nitriles is 1. The zero-order chi connectivity index (χ0) is 18.4. The summed E-state index contributed by atoms with van der Waals surface area (Å²) in [6.07, 6.45) is 1.21. The molecule has 0 saturated carbocycles. The summed E-state index contributed by atoms with van der Waals surface area (Å²) < 4.78 is 5.06. The van der Waals surface area contributed by atoms with E-state index in [9.17, 15) is 20.5 Å². The van der Waals surface area contributed by atoms with E-state index >= 15 is 0 Å². The molecule has 0 aliphatic carbocycles. The number of rotatable bonds is 6. The number of pyridine rings is 1. The Morgan fingerprint density at radius 1 is 1.52 bits per heavy atom. The van der Waals surface area contributed by atoms with E-state index in [0.717, 1.165) is 0 Å². The molecule has 0 saturated heterocycles. The lowest BCUT2D eigenvalue weighted by Crippen LogP contribution is -2.03. The average molecular weight is 341 g/mol. The van der Waals surface area contributed by atoms with Crippen molar-refractivity contribution in [2.45, 2.75) is 13.5 Å². The summed E-state index contributed by atoms with van der Waals surface area (Å²) in [5.74, 6) is 0.0738. The number of phenolic OH excluding ortho intramolecular Hbond substituents is 1. The minimum absolute atomic E-state index is 0.157. The second-order valence-electron chi connectivity index (χ2n) is 5.06. The second-order valence-corrected chi connectivity index (χ2v) is 5.06. The molecule has 0 fully saturated rings. The molecule has 0 amide bonds. The number of phenols is 1. The van der Waals surface area contributed by atoms with Crippen molar-refractivity contribution in [3.8, 4) is 11.8 Å². The molecular weight excluding hydrogens is 326 g/mol. The summed E-state index contributed by atoms with van der Waals surface area (Å²) in [7, 11) is 1.52. The van der Waals surface area contributed by atoms with Crippen LogP contribution in [-0.2, 0) is 11.3 Å². The molecule has 0 radical (unpaired) electrons. The fraction of sp³-hybridized carbons (Fsp3) is 0.188. The average Bonchev–Trinajstić information content (AvgIpc) is 2.56. The van der Waals surface area contributed by atoms with Crippen LogP contribution >= 0.6 is 0 Å². The molecule has 9 nitrogen and oxygen atoms in total. The number of hydrogen-bond acceptors (Lipinski definition) is 8. The van der Waals surface area contributed by atoms with Gasteiger partial charge in [-0.1, -0.05) is 0 Å². The van der Waals surface area contributed by atoms with Crippen LogP contribution < -0.4 is 5.43 Å². The maximum atomic E-state index is 10.8. The Hall–Kier alpha value is -3.51. The first kappa shape index (κ1) is 17.8. The third-order valence-electron chi connectivity index (χ3n) is 3.24. The van der Waals surface area contributed by atoms with Crippen molar-refractivity contribution < 1.29 is 14.8 Å². The van der Waals surface area contributed by atoms with Gasteiger partial charge in [0, 0.05) is 36.1 Å². The molecule has 1 heterocycles. The molecule has 1 aromatic carbocycles. The van der Waals surface area contributed by atoms with Gasteiger partial charge in [-0.15, -0.1) is 0 Å². The molecule has 0 aliphatic rings. The van der Waals surface area contributed by atoms with Gasteiger partial charge in [0.25, 0.3) is 5.69 Å². The van der Waals surface area contributed by atoms with E-state index in [1.54, 1.807) is 13.0 Å². The molecule has 9 heteroatoms. The molecular formula is C16H15N5O4. The highest BCUT2D eigenvalue weighted by Crippen LogP contribution is 2.22. The Kier molecular flexibility index (Phi) is 5.60. The molecule has 0 spiro atoms. The molecule has 2 aromatic rings. The Labute approximate surface area is 143 Å². The molecule has 0 bridgehead atoms. The van der Waals surface area contributed by atoms with Gasteiger partial charge in [0.05, 0.1) is 17.7 Å². The fourth-order valence-electron chi connectivity index (χ4n) is 2.14. The van der Waals surface area contributed by atoms with Crippen LogP contribution in [0.15, 0.2) is 29.4 Å². The Bertz CT molecular complexity index is 874. The first-order valence-corrected chi connectivity index (χ1v) is 7.12. The van der Waals surface area contributed by atoms with Crippen LogP contribution in [0.3, 0.4) is 0 Å². The van der Waals surface area contributed by atoms with Crippen LogP contribution in [0.5, 0.6) is 5.75 Å². The van der Waals surface area contributed by atoms with Gasteiger partial charge in [-0.25, -0.2) is 4.98 Å². The number of aryl methyl sites for hydroxylation is 1. The van der Waals surface area contributed by atoms with Crippen molar-refractivity contribution in [2.75, 3.05) is 12.5 Å². The van der Waals surface area contributed by atoms with E-state index < -0.39 is 4.92 Å². The van der Waals surface area contributed by atoms with Gasteiger partial charge in [0.15, 0.2) is 5.82 Å². The Morgan fingerprint density at radius 2 is 2.28 bits per heavy atom. The Balaban J connectivity index is 2.30. The van der Waals surface area contributed by atoms with Gasteiger partial charge in [-0.05, 0) is 19.1 Å². The predicted octanol–water partition coefficient (Wildman–Crippen LogP) is 2.47. The third kappa shape index (κ3) is 4.27. The van der Waals surface area contributed by atoms with E-state index in [2.05, 4.69) is 15.5 Å². The number of hydrogen-bond donors (Lipinski definition) is 2. The molecule has 0 unspecified atom stereocenters. The normalized spacial score (nSPS) is 10.6. The maximum absolute atomic E-state index is 10.8. The van der Waals surface area contributed by atoms with Crippen LogP contribution in [0.2, 0.25) is 0 Å². The van der Waals surface area contributed by atoms with E-state index in [0.29, 0.717) is 11.3 Å². The Morgan fingerprint density at radius 3 is 2.92 bits per heavy atom. The van der Waals surface area contributed by atoms with E-state index in [4.69, 9.17) is 4.74 Å². The third-order valence-corrected chi connectivity index (χ3v) is 3.24. The van der Waals surface area contributed by atoms with Gasteiger partial charge in [-0.3, -0.25) is 15.5 Å². The number of hydrazone groups is 1. The summed E-state index contributed by atoms with van der Waals surface area (Å²) in [5, 5.41) is 33.8. The predicted molar refractivity (Wildman–Crippen MR) is 90.4 cm³/mol. The number of nitrogens with one attached hydrogen (secondary N) is 1. The highest BCUT2D eigenvalue weighted by molar-refractivity contribution is 5.85. The van der Waals surface area contributed by atoms with E-state index in [-0.39, 0.29) is 35.0 Å². The summed E-state index contributed by atoms with van der Waals surface area (Å²) in [5.41, 5.74) is 4.23. The number of non-ortho nitro benzene ring substituents is 1. The monoisotopic (exact) mass is 341 g/mol. The van der Waals surface area contributed by atoms with Crippen LogP contribution in [0, 0.1) is 28.4 Å². The van der Waals surface area contributed by atoms with Gasteiger partial charge >= 0.3 is 0 Å². The summed E-state index contributed by atoms with van der Waals surface area (Å²) in [4.78, 5) is 14.4. The largest absolute Gasteiger partial charge is 0.507 e. The van der Waals surface area contributed by atoms with Crippen molar-refractivity contribution >= 4 is 17.7 Å². The zero-order valence-electron chi connectivity index (χ0n) is 13.6. The summed E-state index contributed by atoms with van der Waals surface area (Å²) in [6, 6.07) is 7.37. The quantitative estimate of drug-likeness (QED) is 0.468. The number of benzene rings is 1. The lowest BCUT2D eigenvalue weighted by Gasteiger charge is -2.09. The highest BCUT2D eigenvalue weighted by Gasteiger charge is 2.11. The summed E-state index contributed by atoms with van der Waals surface area (Å²) in [6.45, 7) is 2.01. The zero-order valence-corrected chi connectivity index (χ0v) is 13.6. The van der Waals surface area contributed by atoms with Crippen LogP contribution in [-0.4, -0.2) is 28.3 Å². The number of nitro groups is 1. The van der Waals surface area contributed by atoms with E-state index in [1.807, 2.05) is 6.07 Å². The standard InChI is InChI=1S/C16H15N5O4/c1-10-5-12(9-25-2)14(7-17)16(19-10)20-18-8-11-6-13(21(23)24)3-4-15(11)22/h3-6,8,22H,9H2,1-2H3,(H,19,20). The number of nitrogens with zero attached hydrogens (tertiary/aromatic N) is 4. The maximum Gasteiger partial charge on any atom is 0.270 e. The van der Waals surface area contributed by atoms with Crippen LogP contribution in [0.4, 0.5) is 11.5 Å². The molecule has 2 N–H and O–H groups in total. The molecule has 25 heavy (non-hydrogen) atoms. The molecule has 0 aliphatic heterocycles. The first-order chi connectivity index (χ1) is 12.0. The van der Waals surface area contributed by atoms with Crippen LogP contribution in [0.25, 0.3) is 0 Å². The number of aromatic nitrogens is 1. The number of nitro benzene ring substituents is 1. The topological polar surface area (TPSA) is 134 Å². The molecule has 2 rings (SSSR count). The van der Waals surface area contributed by atoms with Crippen molar-refractivity contribution in [1.29, 1.82) is 5.26 Å². The van der Waals surface area contributed by atoms with Gasteiger partial charge in [0.2, 0.25) is 0 Å². The van der Waals surface area contributed by atoms with Crippen molar-refractivity contribution in [2.24, 2.45) is 5.10 Å². The smallest absolute Gasteiger partial charge is 0.270 e. The van der Waals surface area contributed by atoms with Gasteiger partial charge in [-0.2, -0.15) is 10.4 Å². The number of ether oxygens (including phenoxy) is 1.